The SMILES string of the molecule is Cc1cc(Cl)ccc1OCCCC(=O)NNC(=O)CCn1c(=O)[nH]c(=O)c2ccccc21. The largest absolute Gasteiger partial charge is 0.493 e. The Morgan fingerprint density at radius 1 is 1.06 bits per heavy atom. The maximum atomic E-state index is 12.1. The van der Waals surface area contributed by atoms with Crippen LogP contribution in [0.15, 0.2) is 52.1 Å². The third kappa shape index (κ3) is 5.98. The number of hydrazine groups is 1. The number of benzene rings is 2. The Hall–Kier alpha value is -3.59. The molecule has 2 aromatic carbocycles. The minimum atomic E-state index is -0.596. The first-order valence-corrected chi connectivity index (χ1v) is 10.4. The van der Waals surface area contributed by atoms with Crippen molar-refractivity contribution in [1.29, 1.82) is 0 Å². The number of ether oxygens (including phenoxy) is 1. The zero-order chi connectivity index (χ0) is 23.1. The molecule has 1 aromatic heterocycles. The van der Waals surface area contributed by atoms with Gasteiger partial charge in [-0.3, -0.25) is 34.8 Å². The number of hydrogen-bond acceptors (Lipinski definition) is 5. The number of carbonyl (C=O) groups is 2. The summed E-state index contributed by atoms with van der Waals surface area (Å²) >= 11 is 5.90. The van der Waals surface area contributed by atoms with Gasteiger partial charge in [-0.15, -0.1) is 0 Å². The van der Waals surface area contributed by atoms with Crippen LogP contribution in [-0.2, 0) is 16.1 Å². The van der Waals surface area contributed by atoms with E-state index in [9.17, 15) is 19.2 Å². The Morgan fingerprint density at radius 3 is 2.53 bits per heavy atom. The molecule has 0 radical (unpaired) electrons. The summed E-state index contributed by atoms with van der Waals surface area (Å²) in [6, 6.07) is 11.9. The van der Waals surface area contributed by atoms with E-state index in [0.717, 1.165) is 5.56 Å². The van der Waals surface area contributed by atoms with E-state index in [2.05, 4.69) is 15.8 Å². The Bertz CT molecular complexity index is 1250. The van der Waals surface area contributed by atoms with Gasteiger partial charge < -0.3 is 4.74 Å². The number of nitrogens with one attached hydrogen (secondary N) is 3. The van der Waals surface area contributed by atoms with Gasteiger partial charge in [0, 0.05) is 24.4 Å². The van der Waals surface area contributed by atoms with E-state index in [1.54, 1.807) is 42.5 Å². The molecule has 168 valence electrons. The molecule has 3 rings (SSSR count). The maximum absolute atomic E-state index is 12.1. The molecule has 0 saturated carbocycles. The fraction of sp³-hybridized carbons (Fsp3) is 0.273. The van der Waals surface area contributed by atoms with Crippen molar-refractivity contribution in [2.24, 2.45) is 0 Å². The molecule has 32 heavy (non-hydrogen) atoms. The quantitative estimate of drug-likeness (QED) is 0.352. The van der Waals surface area contributed by atoms with Gasteiger partial charge in [0.15, 0.2) is 0 Å². The Labute approximate surface area is 188 Å². The molecule has 3 N–H and O–H groups in total. The van der Waals surface area contributed by atoms with Gasteiger partial charge in [0.05, 0.1) is 17.5 Å². The molecule has 0 atom stereocenters. The number of aromatic amines is 1. The van der Waals surface area contributed by atoms with Crippen LogP contribution in [0.4, 0.5) is 0 Å². The highest BCUT2D eigenvalue weighted by atomic mass is 35.5. The predicted molar refractivity (Wildman–Crippen MR) is 121 cm³/mol. The fourth-order valence-electron chi connectivity index (χ4n) is 3.13. The zero-order valence-electron chi connectivity index (χ0n) is 17.4. The topological polar surface area (TPSA) is 122 Å². The number of amides is 2. The van der Waals surface area contributed by atoms with Gasteiger partial charge in [0.25, 0.3) is 5.56 Å². The van der Waals surface area contributed by atoms with E-state index in [1.165, 1.54) is 4.57 Å². The minimum absolute atomic E-state index is 0.0477. The normalized spacial score (nSPS) is 10.7. The number of aryl methyl sites for hydroxylation is 2. The molecule has 9 nitrogen and oxygen atoms in total. The van der Waals surface area contributed by atoms with Gasteiger partial charge >= 0.3 is 5.69 Å². The second-order valence-corrected chi connectivity index (χ2v) is 7.57. The highest BCUT2D eigenvalue weighted by molar-refractivity contribution is 6.30. The van der Waals surface area contributed by atoms with Crippen molar-refractivity contribution in [3.05, 3.63) is 73.9 Å². The predicted octanol–water partition coefficient (Wildman–Crippen LogP) is 2.05. The van der Waals surface area contributed by atoms with Gasteiger partial charge in [-0.25, -0.2) is 4.79 Å². The lowest BCUT2D eigenvalue weighted by Gasteiger charge is -2.11. The van der Waals surface area contributed by atoms with E-state index in [4.69, 9.17) is 16.3 Å². The molecule has 0 aliphatic heterocycles. The van der Waals surface area contributed by atoms with Gasteiger partial charge in [-0.2, -0.15) is 0 Å². The van der Waals surface area contributed by atoms with Gasteiger partial charge in [-0.1, -0.05) is 23.7 Å². The van der Waals surface area contributed by atoms with Crippen LogP contribution in [0, 0.1) is 6.92 Å². The van der Waals surface area contributed by atoms with E-state index >= 15 is 0 Å². The van der Waals surface area contributed by atoms with Gasteiger partial charge in [0.1, 0.15) is 5.75 Å². The van der Waals surface area contributed by atoms with Gasteiger partial charge in [0.2, 0.25) is 11.8 Å². The number of para-hydroxylation sites is 1. The summed E-state index contributed by atoms with van der Waals surface area (Å²) in [5.74, 6) is -0.122. The van der Waals surface area contributed by atoms with E-state index in [-0.39, 0.29) is 25.3 Å². The Morgan fingerprint density at radius 2 is 1.78 bits per heavy atom. The number of carbonyl (C=O) groups excluding carboxylic acids is 2. The van der Waals surface area contributed by atoms with Crippen molar-refractivity contribution in [3.63, 3.8) is 0 Å². The number of H-pyrrole nitrogens is 1. The van der Waals surface area contributed by atoms with Crippen LogP contribution in [0.5, 0.6) is 5.75 Å². The molecule has 0 bridgehead atoms. The molecule has 0 aliphatic rings. The van der Waals surface area contributed by atoms with Gasteiger partial charge in [-0.05, 0) is 49.2 Å². The third-order valence-corrected chi connectivity index (χ3v) is 4.99. The fourth-order valence-corrected chi connectivity index (χ4v) is 3.36. The van der Waals surface area contributed by atoms with Crippen molar-refractivity contribution in [2.45, 2.75) is 32.7 Å². The molecule has 1 heterocycles. The lowest BCUT2D eigenvalue weighted by atomic mass is 10.2. The summed E-state index contributed by atoms with van der Waals surface area (Å²) in [4.78, 5) is 50.2. The summed E-state index contributed by atoms with van der Waals surface area (Å²) in [6.07, 6.45) is 0.564. The Balaban J connectivity index is 1.41. The number of hydrogen-bond donors (Lipinski definition) is 3. The Kier molecular flexibility index (Phi) is 7.67. The summed E-state index contributed by atoms with van der Waals surface area (Å²) < 4.78 is 6.94. The summed E-state index contributed by atoms with van der Waals surface area (Å²) in [5, 5.41) is 0.986. The van der Waals surface area contributed by atoms with Crippen molar-refractivity contribution < 1.29 is 14.3 Å². The number of halogens is 1. The zero-order valence-corrected chi connectivity index (χ0v) is 18.2. The van der Waals surface area contributed by atoms with Crippen LogP contribution >= 0.6 is 11.6 Å². The molecule has 10 heteroatoms. The second-order valence-electron chi connectivity index (χ2n) is 7.14. The van der Waals surface area contributed by atoms with E-state index < -0.39 is 17.2 Å². The third-order valence-electron chi connectivity index (χ3n) is 4.75. The highest BCUT2D eigenvalue weighted by Gasteiger charge is 2.10. The van der Waals surface area contributed by atoms with Crippen LogP contribution in [-0.4, -0.2) is 28.0 Å². The van der Waals surface area contributed by atoms with Crippen LogP contribution in [0.1, 0.15) is 24.8 Å². The average molecular weight is 459 g/mol. The van der Waals surface area contributed by atoms with Crippen LogP contribution in [0.3, 0.4) is 0 Å². The molecule has 0 unspecified atom stereocenters. The van der Waals surface area contributed by atoms with Crippen LogP contribution in [0.25, 0.3) is 10.9 Å². The molecule has 2 amide bonds. The van der Waals surface area contributed by atoms with E-state index in [0.29, 0.717) is 34.7 Å². The lowest BCUT2D eigenvalue weighted by molar-refractivity contribution is -0.129. The standard InChI is InChI=1S/C22H23ClN4O5/c1-14-13-15(23)8-9-18(14)32-12-4-7-19(28)25-26-20(29)10-11-27-17-6-3-2-5-16(17)21(30)24-22(27)31/h2-3,5-6,8-9,13H,4,7,10-12H2,1H3,(H,25,28)(H,26,29)(H,24,30,31). The second kappa shape index (κ2) is 10.6. The van der Waals surface area contributed by atoms with Crippen molar-refractivity contribution in [1.82, 2.24) is 20.4 Å². The number of fused-ring (bicyclic) bond motifs is 1. The molecular weight excluding hydrogens is 436 g/mol. The molecule has 0 fully saturated rings. The smallest absolute Gasteiger partial charge is 0.328 e. The number of aromatic nitrogens is 2. The molecule has 3 aromatic rings. The van der Waals surface area contributed by atoms with Crippen molar-refractivity contribution >= 4 is 34.3 Å². The van der Waals surface area contributed by atoms with Crippen molar-refractivity contribution in [2.75, 3.05) is 6.61 Å². The first-order chi connectivity index (χ1) is 15.3. The average Bonchev–Trinajstić information content (AvgIpc) is 2.76. The minimum Gasteiger partial charge on any atom is -0.493 e. The molecule has 0 saturated heterocycles. The van der Waals surface area contributed by atoms with Crippen LogP contribution in [0.2, 0.25) is 5.02 Å². The molecular formula is C22H23ClN4O5. The van der Waals surface area contributed by atoms with Crippen LogP contribution < -0.4 is 26.8 Å². The molecule has 0 aliphatic carbocycles. The summed E-state index contributed by atoms with van der Waals surface area (Å²) in [5.41, 5.74) is 4.94. The lowest BCUT2D eigenvalue weighted by Crippen LogP contribution is -2.42. The maximum Gasteiger partial charge on any atom is 0.328 e. The summed E-state index contributed by atoms with van der Waals surface area (Å²) in [7, 11) is 0. The highest BCUT2D eigenvalue weighted by Crippen LogP contribution is 2.21. The van der Waals surface area contributed by atoms with E-state index in [1.807, 2.05) is 6.92 Å². The number of nitrogens with zero attached hydrogens (tertiary/aromatic N) is 1. The first-order valence-electron chi connectivity index (χ1n) is 10.0. The molecule has 0 spiro atoms. The van der Waals surface area contributed by atoms with Crippen molar-refractivity contribution in [3.8, 4) is 5.75 Å². The number of rotatable bonds is 8. The monoisotopic (exact) mass is 458 g/mol. The summed E-state index contributed by atoms with van der Waals surface area (Å²) in [6.45, 7) is 2.27. The first kappa shape index (κ1) is 23.1.